The molecule has 34 heavy (non-hydrogen) atoms. The van der Waals surface area contributed by atoms with Crippen LogP contribution in [-0.4, -0.2) is 42.3 Å². The quantitative estimate of drug-likeness (QED) is 0.341. The Morgan fingerprint density at radius 3 is 2.38 bits per heavy atom. The number of ether oxygens (including phenoxy) is 3. The number of nitro groups is 1. The van der Waals surface area contributed by atoms with E-state index in [1.165, 1.54) is 45.6 Å². The highest BCUT2D eigenvalue weighted by atomic mass is 16.6. The molecule has 2 atom stereocenters. The van der Waals surface area contributed by atoms with Gasteiger partial charge in [0.25, 0.3) is 11.6 Å². The first kappa shape index (κ1) is 24.5. The van der Waals surface area contributed by atoms with E-state index in [1.54, 1.807) is 12.1 Å². The zero-order chi connectivity index (χ0) is 24.8. The number of methoxy groups -OCH3 is 3. The van der Waals surface area contributed by atoms with E-state index < -0.39 is 16.9 Å². The van der Waals surface area contributed by atoms with Gasteiger partial charge in [-0.25, -0.2) is 0 Å². The minimum atomic E-state index is -0.611. The van der Waals surface area contributed by atoms with Crippen LogP contribution in [0.2, 0.25) is 0 Å². The van der Waals surface area contributed by atoms with Gasteiger partial charge in [0, 0.05) is 23.3 Å². The molecule has 0 bridgehead atoms. The number of nitrogens with one attached hydrogen (secondary N) is 1. The molecule has 0 saturated carbocycles. The van der Waals surface area contributed by atoms with E-state index in [0.717, 1.165) is 0 Å². The number of hydrogen-bond acceptors (Lipinski definition) is 9. The fraction of sp³-hybridized carbons (Fsp3) is 0.348. The predicted molar refractivity (Wildman–Crippen MR) is 122 cm³/mol. The Hall–Kier alpha value is -4.15. The Morgan fingerprint density at radius 1 is 1.15 bits per heavy atom. The van der Waals surface area contributed by atoms with Crippen molar-refractivity contribution in [3.05, 3.63) is 58.0 Å². The van der Waals surface area contributed by atoms with E-state index in [0.29, 0.717) is 29.2 Å². The van der Waals surface area contributed by atoms with Gasteiger partial charge in [-0.3, -0.25) is 14.9 Å². The molecule has 0 unspecified atom stereocenters. The Kier molecular flexibility index (Phi) is 7.67. The normalized spacial score (nSPS) is 12.5. The molecule has 0 aliphatic rings. The van der Waals surface area contributed by atoms with E-state index >= 15 is 0 Å². The summed E-state index contributed by atoms with van der Waals surface area (Å²) < 4.78 is 21.6. The largest absolute Gasteiger partial charge is 0.493 e. The zero-order valence-electron chi connectivity index (χ0n) is 19.5. The fourth-order valence-corrected chi connectivity index (χ4v) is 3.36. The van der Waals surface area contributed by atoms with Crippen LogP contribution in [0.3, 0.4) is 0 Å². The second-order valence-electron chi connectivity index (χ2n) is 7.51. The Labute approximate surface area is 196 Å². The molecule has 3 aromatic rings. The van der Waals surface area contributed by atoms with Crippen molar-refractivity contribution < 1.29 is 28.5 Å². The average Bonchev–Trinajstić information content (AvgIpc) is 3.35. The first-order valence-corrected chi connectivity index (χ1v) is 10.5. The van der Waals surface area contributed by atoms with Gasteiger partial charge < -0.3 is 24.1 Å². The molecule has 3 rings (SSSR count). The summed E-state index contributed by atoms with van der Waals surface area (Å²) >= 11 is 0. The molecule has 1 aromatic heterocycles. The van der Waals surface area contributed by atoms with Crippen molar-refractivity contribution in [1.29, 1.82) is 0 Å². The number of carbonyl (C=O) groups excluding carboxylic acids is 1. The molecule has 1 N–H and O–H groups in total. The number of non-ortho nitro benzene ring substituents is 1. The summed E-state index contributed by atoms with van der Waals surface area (Å²) in [4.78, 5) is 27.9. The molecule has 11 heteroatoms. The number of hydrogen-bond donors (Lipinski definition) is 1. The van der Waals surface area contributed by atoms with Crippen LogP contribution >= 0.6 is 0 Å². The highest BCUT2D eigenvalue weighted by Gasteiger charge is 2.28. The number of benzene rings is 2. The van der Waals surface area contributed by atoms with Gasteiger partial charge in [-0.1, -0.05) is 31.5 Å². The molecular formula is C23H26N4O7. The third-order valence-electron chi connectivity index (χ3n) is 5.45. The second-order valence-corrected chi connectivity index (χ2v) is 7.51. The molecular weight excluding hydrogens is 444 g/mol. The van der Waals surface area contributed by atoms with Gasteiger partial charge in [0.2, 0.25) is 17.5 Å². The zero-order valence-corrected chi connectivity index (χ0v) is 19.5. The van der Waals surface area contributed by atoms with Crippen molar-refractivity contribution in [3.8, 4) is 28.6 Å². The van der Waals surface area contributed by atoms with Gasteiger partial charge in [-0.2, -0.15) is 4.98 Å². The maximum absolute atomic E-state index is 12.9. The van der Waals surface area contributed by atoms with Crippen molar-refractivity contribution in [3.63, 3.8) is 0 Å². The van der Waals surface area contributed by atoms with Crippen molar-refractivity contribution in [2.45, 2.75) is 26.3 Å². The predicted octanol–water partition coefficient (Wildman–Crippen LogP) is 4.19. The standard InChI is InChI=1S/C23H26N4O7/c1-6-13(2)19(24-22(28)14-8-7-9-16(10-14)27(29)30)23-25-21(26-34-23)15-11-17(31-3)20(33-5)18(12-15)32-4/h7-13,19H,6H2,1-5H3,(H,24,28)/t13-,19-/m1/s1. The Morgan fingerprint density at radius 2 is 1.82 bits per heavy atom. The SMILES string of the molecule is CC[C@@H](C)[C@@H](NC(=O)c1cccc([N+](=O)[O-])c1)c1nc(-c2cc(OC)c(OC)c(OC)c2)no1. The van der Waals surface area contributed by atoms with Crippen LogP contribution in [0.1, 0.15) is 42.6 Å². The lowest BCUT2D eigenvalue weighted by molar-refractivity contribution is -0.384. The van der Waals surface area contributed by atoms with Crippen molar-refractivity contribution in [2.75, 3.05) is 21.3 Å². The highest BCUT2D eigenvalue weighted by molar-refractivity contribution is 5.95. The van der Waals surface area contributed by atoms with E-state index in [9.17, 15) is 14.9 Å². The van der Waals surface area contributed by atoms with Gasteiger partial charge in [-0.05, 0) is 24.1 Å². The average molecular weight is 470 g/mol. The lowest BCUT2D eigenvalue weighted by atomic mass is 9.98. The van der Waals surface area contributed by atoms with Crippen LogP contribution in [0.5, 0.6) is 17.2 Å². The third kappa shape index (κ3) is 5.08. The van der Waals surface area contributed by atoms with Crippen LogP contribution in [-0.2, 0) is 0 Å². The Balaban J connectivity index is 1.93. The lowest BCUT2D eigenvalue weighted by Crippen LogP contribution is -2.32. The molecule has 1 amide bonds. The first-order valence-electron chi connectivity index (χ1n) is 10.5. The maximum atomic E-state index is 12.9. The lowest BCUT2D eigenvalue weighted by Gasteiger charge is -2.20. The molecule has 0 aliphatic carbocycles. The van der Waals surface area contributed by atoms with Crippen molar-refractivity contribution in [2.24, 2.45) is 5.92 Å². The number of carbonyl (C=O) groups is 1. The van der Waals surface area contributed by atoms with Crippen LogP contribution in [0, 0.1) is 16.0 Å². The highest BCUT2D eigenvalue weighted by Crippen LogP contribution is 2.40. The first-order chi connectivity index (χ1) is 16.3. The molecule has 1 heterocycles. The molecule has 0 spiro atoms. The van der Waals surface area contributed by atoms with Crippen LogP contribution < -0.4 is 19.5 Å². The molecule has 0 radical (unpaired) electrons. The van der Waals surface area contributed by atoms with E-state index in [4.69, 9.17) is 18.7 Å². The van der Waals surface area contributed by atoms with Gasteiger partial charge in [0.15, 0.2) is 11.5 Å². The summed E-state index contributed by atoms with van der Waals surface area (Å²) in [7, 11) is 4.52. The summed E-state index contributed by atoms with van der Waals surface area (Å²) in [5.41, 5.74) is 0.555. The Bertz CT molecular complexity index is 1150. The molecule has 11 nitrogen and oxygen atoms in total. The van der Waals surface area contributed by atoms with E-state index in [1.807, 2.05) is 13.8 Å². The number of nitrogens with zero attached hydrogens (tertiary/aromatic N) is 3. The topological polar surface area (TPSA) is 139 Å². The maximum Gasteiger partial charge on any atom is 0.270 e. The minimum Gasteiger partial charge on any atom is -0.493 e. The van der Waals surface area contributed by atoms with Crippen molar-refractivity contribution in [1.82, 2.24) is 15.5 Å². The monoisotopic (exact) mass is 470 g/mol. The van der Waals surface area contributed by atoms with Crippen LogP contribution in [0.15, 0.2) is 40.9 Å². The van der Waals surface area contributed by atoms with Crippen molar-refractivity contribution >= 4 is 11.6 Å². The smallest absolute Gasteiger partial charge is 0.270 e. The number of nitro benzene ring substituents is 1. The molecule has 0 aliphatic heterocycles. The van der Waals surface area contributed by atoms with Gasteiger partial charge in [0.05, 0.1) is 26.3 Å². The second kappa shape index (κ2) is 10.6. The van der Waals surface area contributed by atoms with Crippen LogP contribution in [0.4, 0.5) is 5.69 Å². The molecule has 0 fully saturated rings. The van der Waals surface area contributed by atoms with Gasteiger partial charge in [0.1, 0.15) is 6.04 Å². The number of rotatable bonds is 10. The summed E-state index contributed by atoms with van der Waals surface area (Å²) in [5.74, 6) is 1.22. The van der Waals surface area contributed by atoms with Gasteiger partial charge >= 0.3 is 0 Å². The summed E-state index contributed by atoms with van der Waals surface area (Å²) in [6.07, 6.45) is 0.710. The summed E-state index contributed by atoms with van der Waals surface area (Å²) in [6, 6.07) is 8.28. The van der Waals surface area contributed by atoms with E-state index in [2.05, 4.69) is 15.5 Å². The summed E-state index contributed by atoms with van der Waals surface area (Å²) in [6.45, 7) is 3.90. The van der Waals surface area contributed by atoms with Crippen LogP contribution in [0.25, 0.3) is 11.4 Å². The number of amides is 1. The third-order valence-corrected chi connectivity index (χ3v) is 5.45. The molecule has 2 aromatic carbocycles. The molecule has 180 valence electrons. The van der Waals surface area contributed by atoms with E-state index in [-0.39, 0.29) is 28.9 Å². The van der Waals surface area contributed by atoms with Gasteiger partial charge in [-0.15, -0.1) is 0 Å². The molecule has 0 saturated heterocycles. The fourth-order valence-electron chi connectivity index (χ4n) is 3.36. The summed E-state index contributed by atoms with van der Waals surface area (Å²) in [5, 5.41) is 18.0. The number of aromatic nitrogens is 2. The minimum absolute atomic E-state index is 0.0594.